The molecule has 0 amide bonds. The van der Waals surface area contributed by atoms with E-state index in [9.17, 15) is 0 Å². The molecule has 0 unspecified atom stereocenters. The van der Waals surface area contributed by atoms with Crippen LogP contribution in [0.25, 0.3) is 0 Å². The second kappa shape index (κ2) is 9.46. The maximum atomic E-state index is 5.09. The van der Waals surface area contributed by atoms with E-state index in [-0.39, 0.29) is 0 Å². The highest BCUT2D eigenvalue weighted by atomic mass is 31.1. The van der Waals surface area contributed by atoms with Gasteiger partial charge in [-0.05, 0) is 42.9 Å². The summed E-state index contributed by atoms with van der Waals surface area (Å²) in [5, 5.41) is 2.75. The third kappa shape index (κ3) is 5.13. The summed E-state index contributed by atoms with van der Waals surface area (Å²) < 4.78 is 0. The zero-order valence-corrected chi connectivity index (χ0v) is 16.4. The fourth-order valence-corrected chi connectivity index (χ4v) is 5.55. The summed E-state index contributed by atoms with van der Waals surface area (Å²) in [6.45, 7) is 4.35. The monoisotopic (exact) mass is 359 g/mol. The van der Waals surface area contributed by atoms with Gasteiger partial charge in [-0.1, -0.05) is 91.0 Å². The van der Waals surface area contributed by atoms with Gasteiger partial charge in [0.05, 0.1) is 0 Å². The fraction of sp³-hybridized carbons (Fsp3) is 0.208. The summed E-state index contributed by atoms with van der Waals surface area (Å²) in [5.74, 6) is 0. The fourth-order valence-electron chi connectivity index (χ4n) is 3.03. The van der Waals surface area contributed by atoms with E-state index in [4.69, 9.17) is 4.99 Å². The summed E-state index contributed by atoms with van der Waals surface area (Å²) in [6, 6.07) is 32.7. The Morgan fingerprint density at radius 3 is 1.65 bits per heavy atom. The van der Waals surface area contributed by atoms with Gasteiger partial charge < -0.3 is 0 Å². The van der Waals surface area contributed by atoms with E-state index in [1.807, 2.05) is 0 Å². The summed E-state index contributed by atoms with van der Waals surface area (Å²) in [4.78, 5) is 5.09. The van der Waals surface area contributed by atoms with E-state index in [1.54, 1.807) is 0 Å². The SMILES string of the molecule is CC(C)N=C(CCc1ccccc1)P(c1ccccc1)c1ccccc1. The third-order valence-corrected chi connectivity index (χ3v) is 6.66. The van der Waals surface area contributed by atoms with Crippen LogP contribution in [0.3, 0.4) is 0 Å². The van der Waals surface area contributed by atoms with Gasteiger partial charge in [0.1, 0.15) is 0 Å². The molecular formula is C24H26NP. The molecule has 0 atom stereocenters. The van der Waals surface area contributed by atoms with Crippen molar-refractivity contribution in [2.24, 2.45) is 4.99 Å². The molecule has 0 heterocycles. The van der Waals surface area contributed by atoms with Crippen LogP contribution in [0, 0.1) is 0 Å². The van der Waals surface area contributed by atoms with Crippen molar-refractivity contribution in [1.29, 1.82) is 0 Å². The molecule has 0 bridgehead atoms. The lowest BCUT2D eigenvalue weighted by atomic mass is 10.1. The van der Waals surface area contributed by atoms with Gasteiger partial charge in [-0.3, -0.25) is 4.99 Å². The number of aryl methyl sites for hydroxylation is 1. The molecule has 26 heavy (non-hydrogen) atoms. The van der Waals surface area contributed by atoms with Gasteiger partial charge in [-0.15, -0.1) is 0 Å². The molecule has 0 radical (unpaired) electrons. The maximum absolute atomic E-state index is 5.09. The van der Waals surface area contributed by atoms with Crippen LogP contribution in [0.4, 0.5) is 0 Å². The lowest BCUT2D eigenvalue weighted by Crippen LogP contribution is -2.19. The average molecular weight is 359 g/mol. The molecule has 0 N–H and O–H groups in total. The Kier molecular flexibility index (Phi) is 6.75. The van der Waals surface area contributed by atoms with Crippen LogP contribution in [0.15, 0.2) is 96.0 Å². The number of nitrogens with zero attached hydrogens (tertiary/aromatic N) is 1. The lowest BCUT2D eigenvalue weighted by Gasteiger charge is -2.22. The number of aliphatic imine (C=N–C) groups is 1. The second-order valence-corrected chi connectivity index (χ2v) is 8.85. The van der Waals surface area contributed by atoms with Gasteiger partial charge in [-0.25, -0.2) is 0 Å². The minimum Gasteiger partial charge on any atom is -0.286 e. The molecule has 1 nitrogen and oxygen atoms in total. The van der Waals surface area contributed by atoms with Gasteiger partial charge in [0.2, 0.25) is 0 Å². The van der Waals surface area contributed by atoms with Crippen molar-refractivity contribution in [2.45, 2.75) is 32.7 Å². The first-order valence-corrected chi connectivity index (χ1v) is 10.6. The lowest BCUT2D eigenvalue weighted by molar-refractivity contribution is 0.831. The van der Waals surface area contributed by atoms with Gasteiger partial charge in [0.15, 0.2) is 0 Å². The highest BCUT2D eigenvalue weighted by molar-refractivity contribution is 7.88. The molecule has 0 aromatic heterocycles. The topological polar surface area (TPSA) is 12.4 Å². The Labute approximate surface area is 158 Å². The predicted octanol–water partition coefficient (Wildman–Crippen LogP) is 5.56. The minimum atomic E-state index is -0.593. The van der Waals surface area contributed by atoms with Crippen LogP contribution in [0.2, 0.25) is 0 Å². The van der Waals surface area contributed by atoms with E-state index in [0.29, 0.717) is 6.04 Å². The number of hydrogen-bond donors (Lipinski definition) is 0. The van der Waals surface area contributed by atoms with E-state index in [0.717, 1.165) is 12.8 Å². The molecule has 0 aliphatic heterocycles. The van der Waals surface area contributed by atoms with Gasteiger partial charge in [0, 0.05) is 19.4 Å². The predicted molar refractivity (Wildman–Crippen MR) is 116 cm³/mol. The molecule has 3 aromatic rings. The zero-order chi connectivity index (χ0) is 18.2. The molecule has 3 aromatic carbocycles. The van der Waals surface area contributed by atoms with Crippen LogP contribution in [-0.4, -0.2) is 11.5 Å². The molecule has 132 valence electrons. The quantitative estimate of drug-likeness (QED) is 0.387. The minimum absolute atomic E-state index is 0.304. The Balaban J connectivity index is 1.96. The normalized spacial score (nSPS) is 11.9. The maximum Gasteiger partial charge on any atom is 0.0449 e. The van der Waals surface area contributed by atoms with Crippen molar-refractivity contribution in [2.75, 3.05) is 0 Å². The number of rotatable bonds is 7. The summed E-state index contributed by atoms with van der Waals surface area (Å²) in [7, 11) is -0.593. The van der Waals surface area contributed by atoms with Crippen LogP contribution >= 0.6 is 7.92 Å². The Morgan fingerprint density at radius 2 is 1.19 bits per heavy atom. The molecule has 3 rings (SSSR count). The highest BCUT2D eigenvalue weighted by Gasteiger charge is 2.20. The van der Waals surface area contributed by atoms with Crippen molar-refractivity contribution < 1.29 is 0 Å². The molecule has 0 saturated carbocycles. The molecular weight excluding hydrogens is 333 g/mol. The van der Waals surface area contributed by atoms with E-state index in [1.165, 1.54) is 21.6 Å². The first kappa shape index (κ1) is 18.5. The summed E-state index contributed by atoms with van der Waals surface area (Å²) >= 11 is 0. The van der Waals surface area contributed by atoms with Crippen molar-refractivity contribution in [1.82, 2.24) is 0 Å². The average Bonchev–Trinajstić information content (AvgIpc) is 2.68. The van der Waals surface area contributed by atoms with E-state index < -0.39 is 7.92 Å². The van der Waals surface area contributed by atoms with Gasteiger partial charge in [-0.2, -0.15) is 0 Å². The Hall–Kier alpha value is -2.24. The van der Waals surface area contributed by atoms with E-state index >= 15 is 0 Å². The largest absolute Gasteiger partial charge is 0.286 e. The third-order valence-electron chi connectivity index (χ3n) is 4.17. The summed E-state index contributed by atoms with van der Waals surface area (Å²) in [6.07, 6.45) is 2.03. The van der Waals surface area contributed by atoms with Gasteiger partial charge >= 0.3 is 0 Å². The molecule has 0 aliphatic rings. The molecule has 0 aliphatic carbocycles. The molecule has 0 spiro atoms. The first-order valence-electron chi connectivity index (χ1n) is 9.25. The summed E-state index contributed by atoms with van der Waals surface area (Å²) in [5.41, 5.74) is 2.70. The van der Waals surface area contributed by atoms with Crippen LogP contribution in [0.5, 0.6) is 0 Å². The number of hydrogen-bond acceptors (Lipinski definition) is 1. The highest BCUT2D eigenvalue weighted by Crippen LogP contribution is 2.38. The Morgan fingerprint density at radius 1 is 0.731 bits per heavy atom. The standard InChI is InChI=1S/C24H26NP/c1-20(2)25-24(19-18-21-12-6-3-7-13-21)26(22-14-8-4-9-15-22)23-16-10-5-11-17-23/h3-17,20H,18-19H2,1-2H3. The zero-order valence-electron chi connectivity index (χ0n) is 15.5. The molecule has 0 saturated heterocycles. The van der Waals surface area contributed by atoms with E-state index in [2.05, 4.69) is 105 Å². The molecule has 2 heteroatoms. The van der Waals surface area contributed by atoms with Crippen molar-refractivity contribution in [3.05, 3.63) is 96.6 Å². The first-order chi connectivity index (χ1) is 12.7. The molecule has 0 fully saturated rings. The second-order valence-electron chi connectivity index (χ2n) is 6.63. The van der Waals surface area contributed by atoms with Crippen LogP contribution in [-0.2, 0) is 6.42 Å². The van der Waals surface area contributed by atoms with Crippen LogP contribution < -0.4 is 10.6 Å². The Bertz CT molecular complexity index is 771. The number of benzene rings is 3. The van der Waals surface area contributed by atoms with Crippen LogP contribution in [0.1, 0.15) is 25.8 Å². The van der Waals surface area contributed by atoms with Crippen molar-refractivity contribution in [3.8, 4) is 0 Å². The smallest absolute Gasteiger partial charge is 0.0449 e. The van der Waals surface area contributed by atoms with Crippen molar-refractivity contribution >= 4 is 24.0 Å². The van der Waals surface area contributed by atoms with Gasteiger partial charge in [0.25, 0.3) is 0 Å². The van der Waals surface area contributed by atoms with Crippen molar-refractivity contribution in [3.63, 3.8) is 0 Å².